The van der Waals surface area contributed by atoms with Crippen molar-refractivity contribution in [3.05, 3.63) is 134 Å². The minimum Gasteiger partial charge on any atom is -0.756 e. The van der Waals surface area contributed by atoms with E-state index in [1.165, 1.54) is 51.4 Å². The molecule has 1 amide bonds. The molecule has 0 saturated carbocycles. The molecule has 1 N–H and O–H groups in total. The monoisotopic (exact) mass is 1030 g/mol. The van der Waals surface area contributed by atoms with Crippen LogP contribution in [0.3, 0.4) is 0 Å². The first-order valence-corrected chi connectivity index (χ1v) is 30.0. The van der Waals surface area contributed by atoms with Crippen LogP contribution in [0.15, 0.2) is 134 Å². The van der Waals surface area contributed by atoms with E-state index in [4.69, 9.17) is 13.8 Å². The molecule has 0 bridgehead atoms. The fourth-order valence-electron chi connectivity index (χ4n) is 7.24. The third kappa shape index (κ3) is 52.8. The van der Waals surface area contributed by atoms with Gasteiger partial charge < -0.3 is 28.5 Å². The molecular formula is C63H105N2O7P. The van der Waals surface area contributed by atoms with Crippen LogP contribution in [0.4, 0.5) is 0 Å². The number of esters is 1. The number of nitrogens with zero attached hydrogens (tertiary/aromatic N) is 1. The van der Waals surface area contributed by atoms with Crippen LogP contribution in [-0.4, -0.2) is 69.4 Å². The maximum Gasteiger partial charge on any atom is 0.306 e. The van der Waals surface area contributed by atoms with Gasteiger partial charge in [-0.05, 0) is 109 Å². The van der Waals surface area contributed by atoms with E-state index in [1.54, 1.807) is 6.08 Å². The van der Waals surface area contributed by atoms with Gasteiger partial charge in [0.2, 0.25) is 5.91 Å². The van der Waals surface area contributed by atoms with Crippen molar-refractivity contribution in [1.29, 1.82) is 0 Å². The van der Waals surface area contributed by atoms with Crippen molar-refractivity contribution in [1.82, 2.24) is 5.32 Å². The molecule has 0 rings (SSSR count). The average Bonchev–Trinajstić information content (AvgIpc) is 3.35. The van der Waals surface area contributed by atoms with Gasteiger partial charge >= 0.3 is 5.97 Å². The Kier molecular flexibility index (Phi) is 48.9. The lowest BCUT2D eigenvalue weighted by atomic mass is 10.1. The number of carbonyl (C=O) groups excluding carboxylic acids is 2. The first kappa shape index (κ1) is 69.2. The highest BCUT2D eigenvalue weighted by atomic mass is 31.2. The third-order valence-corrected chi connectivity index (χ3v) is 12.6. The lowest BCUT2D eigenvalue weighted by Gasteiger charge is -2.30. The maximum absolute atomic E-state index is 13.4. The number of phosphoric ester groups is 1. The molecular weight excluding hydrogens is 928 g/mol. The number of amides is 1. The number of hydrogen-bond donors (Lipinski definition) is 1. The van der Waals surface area contributed by atoms with Crippen molar-refractivity contribution in [3.63, 3.8) is 0 Å². The molecule has 0 aliphatic carbocycles. The lowest BCUT2D eigenvalue weighted by Crippen LogP contribution is -2.47. The highest BCUT2D eigenvalue weighted by molar-refractivity contribution is 7.45. The van der Waals surface area contributed by atoms with E-state index in [0.29, 0.717) is 23.9 Å². The van der Waals surface area contributed by atoms with Crippen molar-refractivity contribution < 1.29 is 37.3 Å². The third-order valence-electron chi connectivity index (χ3n) is 11.6. The summed E-state index contributed by atoms with van der Waals surface area (Å²) >= 11 is 0. The van der Waals surface area contributed by atoms with Gasteiger partial charge in [-0.25, -0.2) is 0 Å². The summed E-state index contributed by atoms with van der Waals surface area (Å²) in [4.78, 5) is 39.8. The molecule has 9 nitrogen and oxygen atoms in total. The second-order valence-electron chi connectivity index (χ2n) is 19.7. The van der Waals surface area contributed by atoms with Crippen LogP contribution in [0.5, 0.6) is 0 Å². The van der Waals surface area contributed by atoms with E-state index in [-0.39, 0.29) is 25.4 Å². The van der Waals surface area contributed by atoms with Gasteiger partial charge in [0.15, 0.2) is 0 Å². The van der Waals surface area contributed by atoms with Crippen LogP contribution in [0.25, 0.3) is 0 Å². The second-order valence-corrected chi connectivity index (χ2v) is 21.1. The van der Waals surface area contributed by atoms with Gasteiger partial charge in [-0.1, -0.05) is 213 Å². The number of likely N-dealkylation sites (N-methyl/N-ethyl adjacent to an activating group) is 1. The van der Waals surface area contributed by atoms with Crippen LogP contribution >= 0.6 is 7.82 Å². The first-order chi connectivity index (χ1) is 35.4. The largest absolute Gasteiger partial charge is 0.756 e. The number of phosphoric acid groups is 1. The van der Waals surface area contributed by atoms with Crippen LogP contribution in [0.1, 0.15) is 201 Å². The SMILES string of the molecule is CC/C=C\C/C=C\C/C=C\C/C=C\C/C=C\CCCCCC(=O)OC(/C=C/CCCCCCCCCCCC)C(COP(=O)([O-])OCC[N+](C)(C)C)NC(=O)CC/C=C/C/C=C/C/C=C/C/C=C/C/C=C/CC. The molecule has 3 unspecified atom stereocenters. The Balaban J connectivity index is 5.53. The standard InChI is InChI=1S/C63H105N2O7P/c1-7-10-13-16-19-22-25-28-30-32-33-34-36-38-41-44-47-50-53-56-63(67)72-61(54-51-48-45-42-39-27-24-21-18-15-12-9-3)60(59-71-73(68,69)70-58-57-65(4,5)6)64-62(66)55-52-49-46-43-40-37-35-31-29-26-23-20-17-14-11-8-2/h10-11,13-14,19-20,22-23,28-31,33-34,37-38,40-41,46,49,51,54,60-61H,7-9,12,15-18,21,24-27,32,35-36,39,42-45,47-48,50,52-53,55-59H2,1-6H3,(H-,64,66,68,69)/b13-10-,14-11+,22-19-,23-20+,30-28-,31-29+,34-33-,40-37+,41-38-,49-46+,54-51+. The molecule has 0 aromatic heterocycles. The molecule has 0 saturated heterocycles. The molecule has 414 valence electrons. The van der Waals surface area contributed by atoms with Gasteiger partial charge in [-0.3, -0.25) is 14.2 Å². The van der Waals surface area contributed by atoms with Crippen LogP contribution in [0, 0.1) is 0 Å². The normalized spacial score (nSPS) is 14.8. The number of unbranched alkanes of at least 4 members (excludes halogenated alkanes) is 13. The number of hydrogen-bond acceptors (Lipinski definition) is 7. The Hall–Kier alpha value is -3.85. The number of ether oxygens (including phenoxy) is 1. The van der Waals surface area contributed by atoms with Crippen LogP contribution < -0.4 is 10.2 Å². The number of nitrogens with one attached hydrogen (secondary N) is 1. The molecule has 0 heterocycles. The van der Waals surface area contributed by atoms with Crippen molar-refractivity contribution in [2.45, 2.75) is 213 Å². The smallest absolute Gasteiger partial charge is 0.306 e. The van der Waals surface area contributed by atoms with E-state index in [2.05, 4.69) is 135 Å². The maximum atomic E-state index is 13.4. The molecule has 0 aromatic rings. The fraction of sp³-hybridized carbons (Fsp3) is 0.619. The highest BCUT2D eigenvalue weighted by Gasteiger charge is 2.27. The van der Waals surface area contributed by atoms with Gasteiger partial charge in [-0.15, -0.1) is 0 Å². The van der Waals surface area contributed by atoms with E-state index in [1.807, 2.05) is 39.4 Å². The van der Waals surface area contributed by atoms with Crippen molar-refractivity contribution in [3.8, 4) is 0 Å². The Labute approximate surface area is 447 Å². The van der Waals surface area contributed by atoms with Gasteiger partial charge in [0, 0.05) is 12.8 Å². The summed E-state index contributed by atoms with van der Waals surface area (Å²) in [5.41, 5.74) is 0. The number of allylic oxidation sites excluding steroid dienone is 21. The summed E-state index contributed by atoms with van der Waals surface area (Å²) in [6.45, 7) is 6.50. The number of rotatable bonds is 49. The Morgan fingerprint density at radius 3 is 1.34 bits per heavy atom. The first-order valence-electron chi connectivity index (χ1n) is 28.5. The lowest BCUT2D eigenvalue weighted by molar-refractivity contribution is -0.870. The van der Waals surface area contributed by atoms with Crippen molar-refractivity contribution >= 4 is 19.7 Å². The molecule has 0 aliphatic rings. The fourth-order valence-corrected chi connectivity index (χ4v) is 7.96. The minimum absolute atomic E-state index is 0.0488. The van der Waals surface area contributed by atoms with Gasteiger partial charge in [0.25, 0.3) is 7.82 Å². The molecule has 3 atom stereocenters. The quantitative estimate of drug-likeness (QED) is 0.0212. The van der Waals surface area contributed by atoms with Crippen LogP contribution in [-0.2, 0) is 27.9 Å². The predicted molar refractivity (Wildman–Crippen MR) is 311 cm³/mol. The average molecular weight is 1030 g/mol. The van der Waals surface area contributed by atoms with E-state index in [0.717, 1.165) is 103 Å². The number of quaternary nitrogens is 1. The zero-order chi connectivity index (χ0) is 53.6. The molecule has 0 aliphatic heterocycles. The summed E-state index contributed by atoms with van der Waals surface area (Å²) in [5, 5.41) is 2.96. The molecule has 10 heteroatoms. The van der Waals surface area contributed by atoms with E-state index in [9.17, 15) is 19.0 Å². The Morgan fingerprint density at radius 2 is 0.890 bits per heavy atom. The molecule has 73 heavy (non-hydrogen) atoms. The summed E-state index contributed by atoms with van der Waals surface area (Å²) < 4.78 is 30.1. The number of carbonyl (C=O) groups is 2. The topological polar surface area (TPSA) is 114 Å². The second kappa shape index (κ2) is 51.6. The Morgan fingerprint density at radius 1 is 0.493 bits per heavy atom. The molecule has 0 aromatic carbocycles. The highest BCUT2D eigenvalue weighted by Crippen LogP contribution is 2.38. The molecule has 0 radical (unpaired) electrons. The summed E-state index contributed by atoms with van der Waals surface area (Å²) in [5.74, 6) is -0.689. The van der Waals surface area contributed by atoms with Crippen molar-refractivity contribution in [2.75, 3.05) is 40.9 Å². The van der Waals surface area contributed by atoms with E-state index >= 15 is 0 Å². The van der Waals surface area contributed by atoms with Gasteiger partial charge in [0.05, 0.1) is 33.8 Å². The zero-order valence-electron chi connectivity index (χ0n) is 47.0. The van der Waals surface area contributed by atoms with Gasteiger partial charge in [-0.2, -0.15) is 0 Å². The summed E-state index contributed by atoms with van der Waals surface area (Å²) in [7, 11) is 1.10. The molecule has 0 fully saturated rings. The zero-order valence-corrected chi connectivity index (χ0v) is 47.9. The van der Waals surface area contributed by atoms with Crippen LogP contribution in [0.2, 0.25) is 0 Å². The van der Waals surface area contributed by atoms with E-state index < -0.39 is 32.5 Å². The summed E-state index contributed by atoms with van der Waals surface area (Å²) in [6.07, 6.45) is 72.9. The minimum atomic E-state index is -4.73. The predicted octanol–water partition coefficient (Wildman–Crippen LogP) is 16.7. The van der Waals surface area contributed by atoms with Crippen molar-refractivity contribution in [2.24, 2.45) is 0 Å². The van der Waals surface area contributed by atoms with Gasteiger partial charge in [0.1, 0.15) is 19.3 Å². The molecule has 0 spiro atoms. The summed E-state index contributed by atoms with van der Waals surface area (Å²) in [6, 6.07) is -0.951. The Bertz CT molecular complexity index is 1710.